The highest BCUT2D eigenvalue weighted by atomic mass is 19.1. The van der Waals surface area contributed by atoms with Crippen LogP contribution in [-0.2, 0) is 4.79 Å². The van der Waals surface area contributed by atoms with Crippen LogP contribution >= 0.6 is 0 Å². The van der Waals surface area contributed by atoms with E-state index in [9.17, 15) is 9.18 Å². The SMILES string of the molecule is O=C(CN1CCNCC1)NC(c1ccc(F)cc1)C1CCCC1. The van der Waals surface area contributed by atoms with Gasteiger partial charge >= 0.3 is 0 Å². The van der Waals surface area contributed by atoms with E-state index in [1.165, 1.54) is 25.0 Å². The Kier molecular flexibility index (Phi) is 5.62. The zero-order chi connectivity index (χ0) is 16.1. The standard InChI is InChI=1S/C18H26FN3O/c19-16-7-5-15(6-8-16)18(14-3-1-2-4-14)21-17(23)13-22-11-9-20-10-12-22/h5-8,14,18,20H,1-4,9-13H2,(H,21,23). The lowest BCUT2D eigenvalue weighted by Crippen LogP contribution is -2.48. The first-order valence-electron chi connectivity index (χ1n) is 8.70. The van der Waals surface area contributed by atoms with Crippen molar-refractivity contribution in [1.82, 2.24) is 15.5 Å². The monoisotopic (exact) mass is 319 g/mol. The Bertz CT molecular complexity index is 508. The van der Waals surface area contributed by atoms with E-state index in [0.717, 1.165) is 44.6 Å². The van der Waals surface area contributed by atoms with Crippen molar-refractivity contribution in [2.75, 3.05) is 32.7 Å². The van der Waals surface area contributed by atoms with Crippen molar-refractivity contribution in [3.05, 3.63) is 35.6 Å². The second kappa shape index (κ2) is 7.88. The fourth-order valence-electron chi connectivity index (χ4n) is 3.73. The molecule has 1 amide bonds. The van der Waals surface area contributed by atoms with Crippen molar-refractivity contribution < 1.29 is 9.18 Å². The lowest BCUT2D eigenvalue weighted by Gasteiger charge is -2.29. The molecule has 126 valence electrons. The number of amides is 1. The number of halogens is 1. The fraction of sp³-hybridized carbons (Fsp3) is 0.611. The molecule has 4 nitrogen and oxygen atoms in total. The molecule has 1 saturated carbocycles. The van der Waals surface area contributed by atoms with Crippen LogP contribution in [0.3, 0.4) is 0 Å². The number of hydrogen-bond acceptors (Lipinski definition) is 3. The van der Waals surface area contributed by atoms with E-state index in [1.807, 2.05) is 12.1 Å². The Morgan fingerprint density at radius 3 is 2.52 bits per heavy atom. The number of carbonyl (C=O) groups excluding carboxylic acids is 1. The molecule has 2 aliphatic rings. The van der Waals surface area contributed by atoms with E-state index in [2.05, 4.69) is 15.5 Å². The van der Waals surface area contributed by atoms with E-state index in [4.69, 9.17) is 0 Å². The maximum atomic E-state index is 13.2. The molecular weight excluding hydrogens is 293 g/mol. The largest absolute Gasteiger partial charge is 0.348 e. The van der Waals surface area contributed by atoms with Crippen molar-refractivity contribution in [2.45, 2.75) is 31.7 Å². The van der Waals surface area contributed by atoms with Gasteiger partial charge in [-0.05, 0) is 36.5 Å². The second-order valence-corrected chi connectivity index (χ2v) is 6.67. The molecule has 5 heteroatoms. The third-order valence-corrected chi connectivity index (χ3v) is 4.99. The predicted molar refractivity (Wildman–Crippen MR) is 88.6 cm³/mol. The summed E-state index contributed by atoms with van der Waals surface area (Å²) in [5.41, 5.74) is 1.02. The van der Waals surface area contributed by atoms with Gasteiger partial charge in [0.2, 0.25) is 5.91 Å². The molecule has 1 saturated heterocycles. The summed E-state index contributed by atoms with van der Waals surface area (Å²) in [6.45, 7) is 4.16. The van der Waals surface area contributed by atoms with Crippen LogP contribution in [0.4, 0.5) is 4.39 Å². The summed E-state index contributed by atoms with van der Waals surface area (Å²) in [4.78, 5) is 14.7. The van der Waals surface area contributed by atoms with Gasteiger partial charge in [0.05, 0.1) is 12.6 Å². The maximum absolute atomic E-state index is 13.2. The Morgan fingerprint density at radius 1 is 1.22 bits per heavy atom. The summed E-state index contributed by atoms with van der Waals surface area (Å²) in [6.07, 6.45) is 4.71. The van der Waals surface area contributed by atoms with Crippen molar-refractivity contribution in [3.63, 3.8) is 0 Å². The molecule has 0 radical (unpaired) electrons. The van der Waals surface area contributed by atoms with Gasteiger partial charge in [0.1, 0.15) is 5.82 Å². The quantitative estimate of drug-likeness (QED) is 0.873. The minimum absolute atomic E-state index is 0.00788. The molecule has 23 heavy (non-hydrogen) atoms. The summed E-state index contributed by atoms with van der Waals surface area (Å²) < 4.78 is 13.2. The molecule has 1 aliphatic carbocycles. The summed E-state index contributed by atoms with van der Waals surface area (Å²) in [5.74, 6) is 0.312. The minimum atomic E-state index is -0.230. The normalized spacial score (nSPS) is 21.3. The molecule has 0 aromatic heterocycles. The Labute approximate surface area is 137 Å². The van der Waals surface area contributed by atoms with Crippen molar-refractivity contribution in [3.8, 4) is 0 Å². The first-order chi connectivity index (χ1) is 11.2. The Morgan fingerprint density at radius 2 is 1.87 bits per heavy atom. The average Bonchev–Trinajstić information content (AvgIpc) is 3.09. The van der Waals surface area contributed by atoms with Crippen LogP contribution in [0.25, 0.3) is 0 Å². The summed E-state index contributed by atoms with van der Waals surface area (Å²) in [6, 6.07) is 6.60. The predicted octanol–water partition coefficient (Wildman–Crippen LogP) is 2.08. The van der Waals surface area contributed by atoms with E-state index in [0.29, 0.717) is 12.5 Å². The molecule has 1 aliphatic heterocycles. The van der Waals surface area contributed by atoms with Gasteiger partial charge in [0.25, 0.3) is 0 Å². The van der Waals surface area contributed by atoms with Gasteiger partial charge in [-0.2, -0.15) is 0 Å². The van der Waals surface area contributed by atoms with Gasteiger partial charge in [0, 0.05) is 26.2 Å². The molecule has 1 aromatic rings. The summed E-state index contributed by atoms with van der Waals surface area (Å²) in [5, 5.41) is 6.51. The van der Waals surface area contributed by atoms with Crippen LogP contribution in [0.1, 0.15) is 37.3 Å². The van der Waals surface area contributed by atoms with Crippen molar-refractivity contribution in [1.29, 1.82) is 0 Å². The van der Waals surface area contributed by atoms with E-state index < -0.39 is 0 Å². The molecule has 1 aromatic carbocycles. The highest BCUT2D eigenvalue weighted by Gasteiger charge is 2.28. The second-order valence-electron chi connectivity index (χ2n) is 6.67. The van der Waals surface area contributed by atoms with Crippen LogP contribution in [-0.4, -0.2) is 43.5 Å². The number of hydrogen-bond donors (Lipinski definition) is 2. The zero-order valence-electron chi connectivity index (χ0n) is 13.6. The van der Waals surface area contributed by atoms with E-state index in [1.54, 1.807) is 0 Å². The highest BCUT2D eigenvalue weighted by Crippen LogP contribution is 2.35. The van der Waals surface area contributed by atoms with Crippen LogP contribution in [0, 0.1) is 11.7 Å². The first-order valence-corrected chi connectivity index (χ1v) is 8.70. The third kappa shape index (κ3) is 4.52. The van der Waals surface area contributed by atoms with Crippen molar-refractivity contribution >= 4 is 5.91 Å². The zero-order valence-corrected chi connectivity index (χ0v) is 13.6. The number of piperazine rings is 1. The van der Waals surface area contributed by atoms with Gasteiger partial charge in [-0.25, -0.2) is 4.39 Å². The number of rotatable bonds is 5. The van der Waals surface area contributed by atoms with Crippen LogP contribution in [0.5, 0.6) is 0 Å². The minimum Gasteiger partial charge on any atom is -0.348 e. The third-order valence-electron chi connectivity index (χ3n) is 4.99. The van der Waals surface area contributed by atoms with Crippen LogP contribution in [0.2, 0.25) is 0 Å². The van der Waals surface area contributed by atoms with Crippen LogP contribution < -0.4 is 10.6 Å². The van der Waals surface area contributed by atoms with Gasteiger partial charge < -0.3 is 10.6 Å². The average molecular weight is 319 g/mol. The Balaban J connectivity index is 1.65. The van der Waals surface area contributed by atoms with Gasteiger partial charge in [-0.3, -0.25) is 9.69 Å². The summed E-state index contributed by atoms with van der Waals surface area (Å²) in [7, 11) is 0. The molecule has 0 spiro atoms. The van der Waals surface area contributed by atoms with E-state index in [-0.39, 0.29) is 17.8 Å². The fourth-order valence-corrected chi connectivity index (χ4v) is 3.73. The molecule has 2 N–H and O–H groups in total. The van der Waals surface area contributed by atoms with Crippen molar-refractivity contribution in [2.24, 2.45) is 5.92 Å². The molecule has 3 rings (SSSR count). The first kappa shape index (κ1) is 16.4. The maximum Gasteiger partial charge on any atom is 0.234 e. The number of nitrogens with one attached hydrogen (secondary N) is 2. The lowest BCUT2D eigenvalue weighted by atomic mass is 9.91. The summed E-state index contributed by atoms with van der Waals surface area (Å²) >= 11 is 0. The number of nitrogens with zero attached hydrogens (tertiary/aromatic N) is 1. The van der Waals surface area contributed by atoms with Gasteiger partial charge in [-0.15, -0.1) is 0 Å². The molecular formula is C18H26FN3O. The van der Waals surface area contributed by atoms with Gasteiger partial charge in [-0.1, -0.05) is 25.0 Å². The molecule has 1 heterocycles. The van der Waals surface area contributed by atoms with Gasteiger partial charge in [0.15, 0.2) is 0 Å². The molecule has 1 unspecified atom stereocenters. The lowest BCUT2D eigenvalue weighted by molar-refractivity contribution is -0.123. The molecule has 2 fully saturated rings. The molecule has 1 atom stereocenters. The topological polar surface area (TPSA) is 44.4 Å². The highest BCUT2D eigenvalue weighted by molar-refractivity contribution is 5.78. The van der Waals surface area contributed by atoms with Crippen LogP contribution in [0.15, 0.2) is 24.3 Å². The number of carbonyl (C=O) groups is 1. The smallest absolute Gasteiger partial charge is 0.234 e. The number of benzene rings is 1. The Hall–Kier alpha value is -1.46. The van der Waals surface area contributed by atoms with E-state index >= 15 is 0 Å². The molecule has 0 bridgehead atoms.